The van der Waals surface area contributed by atoms with Crippen LogP contribution < -0.4 is 10.7 Å². The standard InChI is InChI=1S/C21H16FN3O2/c22-18-11-9-16(10-12-18)20(26)24-19-8-4-7-17(13-19)21(27)25-23-14-15-5-2-1-3-6-15/h1-14H,(H,24,26)(H,25,27)/b23-14+. The minimum Gasteiger partial charge on any atom is -0.322 e. The third kappa shape index (κ3) is 5.09. The van der Waals surface area contributed by atoms with E-state index in [1.165, 1.54) is 36.5 Å². The normalized spacial score (nSPS) is 10.6. The summed E-state index contributed by atoms with van der Waals surface area (Å²) < 4.78 is 12.9. The molecule has 0 aliphatic carbocycles. The highest BCUT2D eigenvalue weighted by atomic mass is 19.1. The lowest BCUT2D eigenvalue weighted by Crippen LogP contribution is -2.18. The molecular weight excluding hydrogens is 345 g/mol. The van der Waals surface area contributed by atoms with Gasteiger partial charge < -0.3 is 5.32 Å². The van der Waals surface area contributed by atoms with Gasteiger partial charge in [0.05, 0.1) is 6.21 Å². The maximum absolute atomic E-state index is 12.9. The fourth-order valence-electron chi connectivity index (χ4n) is 2.31. The molecule has 3 rings (SSSR count). The zero-order valence-electron chi connectivity index (χ0n) is 14.2. The Kier molecular flexibility index (Phi) is 5.69. The molecule has 0 saturated heterocycles. The van der Waals surface area contributed by atoms with Gasteiger partial charge in [0.25, 0.3) is 11.8 Å². The van der Waals surface area contributed by atoms with Gasteiger partial charge in [0.15, 0.2) is 0 Å². The van der Waals surface area contributed by atoms with E-state index in [-0.39, 0.29) is 0 Å². The molecule has 2 amide bonds. The van der Waals surface area contributed by atoms with Crippen molar-refractivity contribution in [3.63, 3.8) is 0 Å². The molecule has 2 N–H and O–H groups in total. The summed E-state index contributed by atoms with van der Waals surface area (Å²) in [7, 11) is 0. The SMILES string of the molecule is O=C(N/N=C/c1ccccc1)c1cccc(NC(=O)c2ccc(F)cc2)c1. The summed E-state index contributed by atoms with van der Waals surface area (Å²) in [6.45, 7) is 0. The fourth-order valence-corrected chi connectivity index (χ4v) is 2.31. The minimum atomic E-state index is -0.415. The highest BCUT2D eigenvalue weighted by molar-refractivity contribution is 6.05. The topological polar surface area (TPSA) is 70.6 Å². The Balaban J connectivity index is 1.64. The Labute approximate surface area is 155 Å². The average Bonchev–Trinajstić information content (AvgIpc) is 2.69. The minimum absolute atomic E-state index is 0.318. The molecule has 27 heavy (non-hydrogen) atoms. The molecule has 0 fully saturated rings. The summed E-state index contributed by atoms with van der Waals surface area (Å²) in [5, 5.41) is 6.59. The first-order valence-corrected chi connectivity index (χ1v) is 8.17. The molecule has 3 aromatic rings. The number of hydrogen-bond donors (Lipinski definition) is 2. The number of carbonyl (C=O) groups excluding carboxylic acids is 2. The first kappa shape index (κ1) is 18.0. The fraction of sp³-hybridized carbons (Fsp3) is 0. The second-order valence-corrected chi connectivity index (χ2v) is 5.65. The number of halogens is 1. The lowest BCUT2D eigenvalue weighted by Gasteiger charge is -2.07. The van der Waals surface area contributed by atoms with Crippen molar-refractivity contribution in [2.24, 2.45) is 5.10 Å². The Morgan fingerprint density at radius 2 is 1.56 bits per heavy atom. The third-order valence-corrected chi connectivity index (χ3v) is 3.67. The zero-order chi connectivity index (χ0) is 19.1. The first-order chi connectivity index (χ1) is 13.1. The summed E-state index contributed by atoms with van der Waals surface area (Å²) in [5.74, 6) is -1.21. The number of anilines is 1. The molecule has 0 saturated carbocycles. The van der Waals surface area contributed by atoms with E-state index >= 15 is 0 Å². The second-order valence-electron chi connectivity index (χ2n) is 5.65. The number of hydrazone groups is 1. The molecule has 6 heteroatoms. The van der Waals surface area contributed by atoms with Gasteiger partial charge in [0.1, 0.15) is 5.82 Å². The summed E-state index contributed by atoms with van der Waals surface area (Å²) in [6, 6.07) is 21.0. The van der Waals surface area contributed by atoms with Gasteiger partial charge in [-0.2, -0.15) is 5.10 Å². The van der Waals surface area contributed by atoms with Crippen LogP contribution in [0.4, 0.5) is 10.1 Å². The molecular formula is C21H16FN3O2. The van der Waals surface area contributed by atoms with Crippen molar-refractivity contribution in [3.8, 4) is 0 Å². The number of nitrogens with one attached hydrogen (secondary N) is 2. The first-order valence-electron chi connectivity index (χ1n) is 8.17. The van der Waals surface area contributed by atoms with E-state index in [2.05, 4.69) is 15.8 Å². The van der Waals surface area contributed by atoms with Crippen LogP contribution in [0, 0.1) is 5.82 Å². The number of hydrogen-bond acceptors (Lipinski definition) is 3. The lowest BCUT2D eigenvalue weighted by atomic mass is 10.1. The summed E-state index contributed by atoms with van der Waals surface area (Å²) in [5.41, 5.74) is 4.41. The van der Waals surface area contributed by atoms with Crippen molar-refractivity contribution in [2.75, 3.05) is 5.32 Å². The van der Waals surface area contributed by atoms with Crippen LogP contribution in [0.2, 0.25) is 0 Å². The van der Waals surface area contributed by atoms with Gasteiger partial charge in [-0.25, -0.2) is 9.82 Å². The number of benzene rings is 3. The Hall–Kier alpha value is -3.80. The van der Waals surface area contributed by atoms with Crippen molar-refractivity contribution >= 4 is 23.7 Å². The predicted octanol–water partition coefficient (Wildman–Crippen LogP) is 3.84. The molecule has 0 aromatic heterocycles. The van der Waals surface area contributed by atoms with Crippen LogP contribution in [-0.4, -0.2) is 18.0 Å². The maximum atomic E-state index is 12.9. The maximum Gasteiger partial charge on any atom is 0.271 e. The van der Waals surface area contributed by atoms with E-state index in [1.807, 2.05) is 30.3 Å². The van der Waals surface area contributed by atoms with Crippen LogP contribution in [0.15, 0.2) is 84.0 Å². The summed E-state index contributed by atoms with van der Waals surface area (Å²) in [6.07, 6.45) is 1.54. The molecule has 0 spiro atoms. The highest BCUT2D eigenvalue weighted by Gasteiger charge is 2.09. The van der Waals surface area contributed by atoms with E-state index in [0.717, 1.165) is 5.56 Å². The van der Waals surface area contributed by atoms with E-state index in [9.17, 15) is 14.0 Å². The third-order valence-electron chi connectivity index (χ3n) is 3.67. The van der Waals surface area contributed by atoms with Crippen LogP contribution in [0.25, 0.3) is 0 Å². The van der Waals surface area contributed by atoms with E-state index in [4.69, 9.17) is 0 Å². The van der Waals surface area contributed by atoms with Gasteiger partial charge in [-0.1, -0.05) is 36.4 Å². The van der Waals surface area contributed by atoms with E-state index in [1.54, 1.807) is 18.2 Å². The van der Waals surface area contributed by atoms with E-state index in [0.29, 0.717) is 16.8 Å². The molecule has 0 radical (unpaired) electrons. The van der Waals surface area contributed by atoms with Crippen molar-refractivity contribution in [1.29, 1.82) is 0 Å². The predicted molar refractivity (Wildman–Crippen MR) is 102 cm³/mol. The van der Waals surface area contributed by atoms with Crippen molar-refractivity contribution in [3.05, 3.63) is 101 Å². The lowest BCUT2D eigenvalue weighted by molar-refractivity contribution is 0.0953. The molecule has 0 heterocycles. The van der Waals surface area contributed by atoms with Crippen LogP contribution in [0.1, 0.15) is 26.3 Å². The molecule has 5 nitrogen and oxygen atoms in total. The van der Waals surface area contributed by atoms with Gasteiger partial charge in [-0.3, -0.25) is 9.59 Å². The zero-order valence-corrected chi connectivity index (χ0v) is 14.2. The summed E-state index contributed by atoms with van der Waals surface area (Å²) in [4.78, 5) is 24.4. The summed E-state index contributed by atoms with van der Waals surface area (Å²) >= 11 is 0. The molecule has 0 unspecified atom stereocenters. The monoisotopic (exact) mass is 361 g/mol. The van der Waals surface area contributed by atoms with Gasteiger partial charge >= 0.3 is 0 Å². The molecule has 3 aromatic carbocycles. The molecule has 134 valence electrons. The Bertz CT molecular complexity index is 970. The largest absolute Gasteiger partial charge is 0.322 e. The number of carbonyl (C=O) groups is 2. The van der Waals surface area contributed by atoms with Gasteiger partial charge in [-0.05, 0) is 48.0 Å². The van der Waals surface area contributed by atoms with Crippen molar-refractivity contribution in [1.82, 2.24) is 5.43 Å². The van der Waals surface area contributed by atoms with Crippen molar-refractivity contribution in [2.45, 2.75) is 0 Å². The number of rotatable bonds is 5. The number of amides is 2. The quantitative estimate of drug-likeness (QED) is 0.535. The van der Waals surface area contributed by atoms with Crippen LogP contribution in [0.5, 0.6) is 0 Å². The van der Waals surface area contributed by atoms with Crippen LogP contribution in [0.3, 0.4) is 0 Å². The highest BCUT2D eigenvalue weighted by Crippen LogP contribution is 2.13. The molecule has 0 aliphatic heterocycles. The van der Waals surface area contributed by atoms with Gasteiger partial charge in [-0.15, -0.1) is 0 Å². The average molecular weight is 361 g/mol. The number of nitrogens with zero attached hydrogens (tertiary/aromatic N) is 1. The van der Waals surface area contributed by atoms with Crippen molar-refractivity contribution < 1.29 is 14.0 Å². The van der Waals surface area contributed by atoms with E-state index < -0.39 is 17.6 Å². The second kappa shape index (κ2) is 8.53. The van der Waals surface area contributed by atoms with Crippen LogP contribution in [-0.2, 0) is 0 Å². The Morgan fingerprint density at radius 3 is 2.30 bits per heavy atom. The molecule has 0 bridgehead atoms. The Morgan fingerprint density at radius 1 is 0.815 bits per heavy atom. The molecule has 0 atom stereocenters. The van der Waals surface area contributed by atoms with Crippen LogP contribution >= 0.6 is 0 Å². The smallest absolute Gasteiger partial charge is 0.271 e. The molecule has 0 aliphatic rings. The van der Waals surface area contributed by atoms with Gasteiger partial charge in [0, 0.05) is 16.8 Å². The van der Waals surface area contributed by atoms with Gasteiger partial charge in [0.2, 0.25) is 0 Å².